The maximum Gasteiger partial charge on any atom is 0.350 e. The lowest BCUT2D eigenvalue weighted by Gasteiger charge is -1.94. The fourth-order valence-electron chi connectivity index (χ4n) is 0.873. The van der Waals surface area contributed by atoms with Crippen LogP contribution >= 0.6 is 0 Å². The van der Waals surface area contributed by atoms with E-state index in [9.17, 15) is 0 Å². The van der Waals surface area contributed by atoms with Crippen LogP contribution in [0.15, 0.2) is 36.5 Å². The van der Waals surface area contributed by atoms with Gasteiger partial charge in [0.05, 0.1) is 5.57 Å². The van der Waals surface area contributed by atoms with Gasteiger partial charge in [-0.15, -0.1) is 0 Å². The van der Waals surface area contributed by atoms with Crippen molar-refractivity contribution in [3.05, 3.63) is 36.5 Å². The summed E-state index contributed by atoms with van der Waals surface area (Å²) in [6.07, 6.45) is 8.00. The molecule has 1 aliphatic rings. The number of hydrogen-bond donors (Lipinski definition) is 0. The van der Waals surface area contributed by atoms with E-state index in [2.05, 4.69) is 6.58 Å². The zero-order valence-corrected chi connectivity index (χ0v) is 7.00. The predicted molar refractivity (Wildman–Crippen MR) is 47.6 cm³/mol. The van der Waals surface area contributed by atoms with Crippen LogP contribution in [0.5, 0.6) is 0 Å². The molecule has 1 nitrogen and oxygen atoms in total. The van der Waals surface area contributed by atoms with Crippen molar-refractivity contribution in [2.24, 2.45) is 0 Å². The van der Waals surface area contributed by atoms with Gasteiger partial charge in [0.1, 0.15) is 0 Å². The molecule has 1 heteroatoms. The molecule has 0 N–H and O–H groups in total. The molecule has 0 saturated heterocycles. The average molecular weight is 149 g/mol. The minimum absolute atomic E-state index is 0.220. The minimum atomic E-state index is 0.220. The van der Waals surface area contributed by atoms with Crippen LogP contribution in [-0.2, 0) is 4.42 Å². The lowest BCUT2D eigenvalue weighted by atomic mass is 10.1. The van der Waals surface area contributed by atoms with Crippen molar-refractivity contribution >= 4 is 5.78 Å². The van der Waals surface area contributed by atoms with Gasteiger partial charge in [-0.2, -0.15) is 0 Å². The van der Waals surface area contributed by atoms with E-state index < -0.39 is 0 Å². The monoisotopic (exact) mass is 149 g/mol. The molecule has 0 spiro atoms. The molecular formula is C10H13O+. The summed E-state index contributed by atoms with van der Waals surface area (Å²) in [6.45, 7) is 7.86. The number of carbonyl (C=O) groups excluding carboxylic acids is 1. The second-order valence-electron chi connectivity index (χ2n) is 2.77. The maximum absolute atomic E-state index is 5.48. The number of ketones is 1. The summed E-state index contributed by atoms with van der Waals surface area (Å²) in [5, 5.41) is 0. The fraction of sp³-hybridized carbons (Fsp3) is 0.300. The Morgan fingerprint density at radius 3 is 2.45 bits per heavy atom. The molecule has 11 heavy (non-hydrogen) atoms. The first-order chi connectivity index (χ1) is 5.20. The Bertz CT molecular complexity index is 242. The zero-order chi connectivity index (χ0) is 8.27. The molecule has 0 amide bonds. The van der Waals surface area contributed by atoms with E-state index in [0.29, 0.717) is 0 Å². The molecule has 1 rings (SSSR count). The van der Waals surface area contributed by atoms with Gasteiger partial charge < -0.3 is 0 Å². The van der Waals surface area contributed by atoms with Gasteiger partial charge in [-0.3, -0.25) is 4.42 Å². The largest absolute Gasteiger partial charge is 0.350 e. The Balaban J connectivity index is 2.81. The summed E-state index contributed by atoms with van der Waals surface area (Å²) in [6, 6.07) is 0. The van der Waals surface area contributed by atoms with Crippen molar-refractivity contribution < 1.29 is 4.42 Å². The Morgan fingerprint density at radius 1 is 1.27 bits per heavy atom. The average Bonchev–Trinajstić information content (AvgIpc) is 1.93. The van der Waals surface area contributed by atoms with Crippen molar-refractivity contribution in [2.45, 2.75) is 20.0 Å². The van der Waals surface area contributed by atoms with Gasteiger partial charge in [-0.05, 0) is 6.08 Å². The third-order valence-corrected chi connectivity index (χ3v) is 1.34. The standard InChI is InChI=1S/C10H13O/c1-8(2)11-10-7-5-4-6-9(10)3/h4-8H,3H2,1-2H3/q+1. The highest BCUT2D eigenvalue weighted by molar-refractivity contribution is 6.07. The Labute approximate surface area is 67.4 Å². The summed E-state index contributed by atoms with van der Waals surface area (Å²) in [5.74, 6) is 0.877. The smallest absolute Gasteiger partial charge is 0.252 e. The molecule has 0 bridgehead atoms. The van der Waals surface area contributed by atoms with Crippen LogP contribution in [0.4, 0.5) is 0 Å². The highest BCUT2D eigenvalue weighted by atomic mass is 16.4. The summed E-state index contributed by atoms with van der Waals surface area (Å²) >= 11 is 0. The second-order valence-corrected chi connectivity index (χ2v) is 2.77. The van der Waals surface area contributed by atoms with Crippen LogP contribution in [0.1, 0.15) is 13.8 Å². The molecule has 0 fully saturated rings. The van der Waals surface area contributed by atoms with Crippen LogP contribution in [0.25, 0.3) is 0 Å². The molecule has 0 aromatic heterocycles. The number of rotatable bonds is 1. The van der Waals surface area contributed by atoms with Crippen molar-refractivity contribution in [1.82, 2.24) is 0 Å². The first kappa shape index (κ1) is 7.99. The van der Waals surface area contributed by atoms with Gasteiger partial charge in [0.15, 0.2) is 0 Å². The van der Waals surface area contributed by atoms with E-state index >= 15 is 0 Å². The van der Waals surface area contributed by atoms with Gasteiger partial charge in [0, 0.05) is 19.9 Å². The normalized spacial score (nSPS) is 20.3. The van der Waals surface area contributed by atoms with Gasteiger partial charge in [-0.25, -0.2) is 0 Å². The van der Waals surface area contributed by atoms with Crippen molar-refractivity contribution in [2.75, 3.05) is 0 Å². The molecule has 0 atom stereocenters. The highest BCUT2D eigenvalue weighted by Crippen LogP contribution is 2.04. The van der Waals surface area contributed by atoms with E-state index in [0.717, 1.165) is 11.4 Å². The number of hydrogen-bond acceptors (Lipinski definition) is 0. The van der Waals surface area contributed by atoms with Gasteiger partial charge in [0.25, 0.3) is 6.10 Å². The van der Waals surface area contributed by atoms with Crippen molar-refractivity contribution in [3.63, 3.8) is 0 Å². The molecule has 0 unspecified atom stereocenters. The Hall–Kier alpha value is -1.11. The van der Waals surface area contributed by atoms with E-state index in [4.69, 9.17) is 4.42 Å². The highest BCUT2D eigenvalue weighted by Gasteiger charge is 2.14. The molecule has 0 saturated carbocycles. The van der Waals surface area contributed by atoms with Crippen LogP contribution in [-0.4, -0.2) is 11.9 Å². The molecule has 0 heterocycles. The molecule has 0 aliphatic heterocycles. The quantitative estimate of drug-likeness (QED) is 0.400. The van der Waals surface area contributed by atoms with E-state index in [1.54, 1.807) is 0 Å². The molecule has 0 aromatic rings. The van der Waals surface area contributed by atoms with Crippen molar-refractivity contribution in [3.8, 4) is 0 Å². The molecule has 1 aliphatic carbocycles. The third kappa shape index (κ3) is 2.19. The topological polar surface area (TPSA) is 11.3 Å². The SMILES string of the molecule is C=C1C=CC=CC1=[O+]C(C)C. The summed E-state index contributed by atoms with van der Waals surface area (Å²) in [4.78, 5) is 0. The molecule has 0 radical (unpaired) electrons. The van der Waals surface area contributed by atoms with E-state index in [1.165, 1.54) is 0 Å². The summed E-state index contributed by atoms with van der Waals surface area (Å²) in [5.41, 5.74) is 0.946. The first-order valence-corrected chi connectivity index (χ1v) is 3.78. The Morgan fingerprint density at radius 2 is 1.91 bits per heavy atom. The summed E-state index contributed by atoms with van der Waals surface area (Å²) < 4.78 is 5.48. The van der Waals surface area contributed by atoms with Crippen LogP contribution in [0.3, 0.4) is 0 Å². The summed E-state index contributed by atoms with van der Waals surface area (Å²) in [7, 11) is 0. The van der Waals surface area contributed by atoms with E-state index in [-0.39, 0.29) is 6.10 Å². The predicted octanol–water partition coefficient (Wildman–Crippen LogP) is 2.18. The molecular weight excluding hydrogens is 136 g/mol. The van der Waals surface area contributed by atoms with Gasteiger partial charge in [0.2, 0.25) is 0 Å². The lowest BCUT2D eigenvalue weighted by molar-refractivity contribution is -0.492. The first-order valence-electron chi connectivity index (χ1n) is 3.78. The molecule has 0 aromatic carbocycles. The Kier molecular flexibility index (Phi) is 2.42. The van der Waals surface area contributed by atoms with Gasteiger partial charge >= 0.3 is 5.78 Å². The third-order valence-electron chi connectivity index (χ3n) is 1.34. The van der Waals surface area contributed by atoms with Crippen LogP contribution in [0.2, 0.25) is 0 Å². The minimum Gasteiger partial charge on any atom is -0.252 e. The molecule has 58 valence electrons. The lowest BCUT2D eigenvalue weighted by Crippen LogP contribution is -2.07. The second kappa shape index (κ2) is 3.33. The van der Waals surface area contributed by atoms with E-state index in [1.807, 2.05) is 38.2 Å². The fourth-order valence-corrected chi connectivity index (χ4v) is 0.873. The maximum atomic E-state index is 5.48. The van der Waals surface area contributed by atoms with Crippen LogP contribution < -0.4 is 0 Å². The van der Waals surface area contributed by atoms with Crippen LogP contribution in [0, 0.1) is 0 Å². The zero-order valence-electron chi connectivity index (χ0n) is 7.00. The number of allylic oxidation sites excluding steroid dienone is 5. The van der Waals surface area contributed by atoms with Gasteiger partial charge in [-0.1, -0.05) is 18.7 Å². The van der Waals surface area contributed by atoms with Crippen molar-refractivity contribution in [1.29, 1.82) is 0 Å².